The fourth-order valence-electron chi connectivity index (χ4n) is 2.10. The van der Waals surface area contributed by atoms with E-state index in [0.717, 1.165) is 13.1 Å². The second-order valence-corrected chi connectivity index (χ2v) is 5.26. The summed E-state index contributed by atoms with van der Waals surface area (Å²) in [6.07, 6.45) is 4.94. The van der Waals surface area contributed by atoms with Crippen LogP contribution in [0.2, 0.25) is 0 Å². The zero-order chi connectivity index (χ0) is 12.4. The number of hydrogen-bond acceptors (Lipinski definition) is 7. The average molecular weight is 265 g/mol. The fraction of sp³-hybridized carbons (Fsp3) is 0.545. The van der Waals surface area contributed by atoms with Crippen LogP contribution in [0.3, 0.4) is 0 Å². The second kappa shape index (κ2) is 4.93. The van der Waals surface area contributed by atoms with Crippen LogP contribution >= 0.6 is 11.3 Å². The van der Waals surface area contributed by atoms with E-state index < -0.39 is 0 Å². The van der Waals surface area contributed by atoms with Crippen molar-refractivity contribution in [2.24, 2.45) is 0 Å². The number of hydrogen-bond donors (Lipinski definition) is 1. The van der Waals surface area contributed by atoms with E-state index in [0.29, 0.717) is 22.7 Å². The van der Waals surface area contributed by atoms with Gasteiger partial charge in [0.05, 0.1) is 0 Å². The van der Waals surface area contributed by atoms with E-state index in [9.17, 15) is 0 Å². The average Bonchev–Trinajstić information content (AvgIpc) is 2.92. The largest absolute Gasteiger partial charge is 0.375 e. The molecule has 0 amide bonds. The van der Waals surface area contributed by atoms with Gasteiger partial charge in [0, 0.05) is 18.5 Å². The Labute approximate surface area is 109 Å². The van der Waals surface area contributed by atoms with Crippen LogP contribution in [-0.4, -0.2) is 28.2 Å². The molecule has 0 unspecified atom stereocenters. The molecule has 0 bridgehead atoms. The van der Waals surface area contributed by atoms with Gasteiger partial charge in [-0.05, 0) is 18.0 Å². The van der Waals surface area contributed by atoms with Crippen LogP contribution in [0.1, 0.15) is 25.7 Å². The molecule has 0 radical (unpaired) electrons. The monoisotopic (exact) mass is 265 g/mol. The molecule has 0 aliphatic carbocycles. The molecule has 3 heterocycles. The van der Waals surface area contributed by atoms with Crippen molar-refractivity contribution in [1.82, 2.24) is 15.1 Å². The third-order valence-corrected chi connectivity index (χ3v) is 3.72. The number of thiazole rings is 1. The van der Waals surface area contributed by atoms with Gasteiger partial charge in [0.2, 0.25) is 0 Å². The van der Waals surface area contributed by atoms with E-state index in [-0.39, 0.29) is 0 Å². The van der Waals surface area contributed by atoms with Gasteiger partial charge in [-0.25, -0.2) is 4.98 Å². The summed E-state index contributed by atoms with van der Waals surface area (Å²) in [6, 6.07) is 0. The topological polar surface area (TPSA) is 81.1 Å². The molecule has 2 aromatic rings. The summed E-state index contributed by atoms with van der Waals surface area (Å²) in [4.78, 5) is 10.7. The second-order valence-electron chi connectivity index (χ2n) is 4.37. The highest BCUT2D eigenvalue weighted by Crippen LogP contribution is 2.24. The predicted molar refractivity (Wildman–Crippen MR) is 70.5 cm³/mol. The van der Waals surface area contributed by atoms with Crippen molar-refractivity contribution in [3.63, 3.8) is 0 Å². The maximum Gasteiger partial charge on any atom is 0.279 e. The van der Waals surface area contributed by atoms with E-state index in [1.165, 1.54) is 37.0 Å². The number of aromatic nitrogens is 3. The van der Waals surface area contributed by atoms with Crippen LogP contribution < -0.4 is 10.6 Å². The normalized spacial score (nSPS) is 16.8. The molecule has 1 fully saturated rings. The molecule has 1 aliphatic heterocycles. The van der Waals surface area contributed by atoms with Crippen molar-refractivity contribution >= 4 is 22.4 Å². The maximum absolute atomic E-state index is 5.59. The Morgan fingerprint density at radius 1 is 1.17 bits per heavy atom. The summed E-state index contributed by atoms with van der Waals surface area (Å²) in [5, 5.41) is 6.37. The quantitative estimate of drug-likeness (QED) is 0.896. The molecular formula is C11H15N5OS. The van der Waals surface area contributed by atoms with E-state index >= 15 is 0 Å². The standard InChI is InChI=1S/C11H15N5OS/c12-10-13-8(7-18-10)9-14-11(15-17-9)16-5-3-1-2-4-6-16/h7H,1-6H2,(H2,12,13). The van der Waals surface area contributed by atoms with Crippen molar-refractivity contribution in [2.45, 2.75) is 25.7 Å². The van der Waals surface area contributed by atoms with E-state index in [4.69, 9.17) is 10.3 Å². The summed E-state index contributed by atoms with van der Waals surface area (Å²) in [7, 11) is 0. The summed E-state index contributed by atoms with van der Waals surface area (Å²) >= 11 is 1.37. The molecular weight excluding hydrogens is 250 g/mol. The molecule has 3 rings (SSSR count). The van der Waals surface area contributed by atoms with Gasteiger partial charge < -0.3 is 15.2 Å². The highest BCUT2D eigenvalue weighted by atomic mass is 32.1. The van der Waals surface area contributed by atoms with Crippen LogP contribution in [0.25, 0.3) is 11.6 Å². The van der Waals surface area contributed by atoms with Crippen molar-refractivity contribution < 1.29 is 4.52 Å². The minimum Gasteiger partial charge on any atom is -0.375 e. The summed E-state index contributed by atoms with van der Waals surface area (Å²) in [6.45, 7) is 2.00. The van der Waals surface area contributed by atoms with Gasteiger partial charge in [-0.2, -0.15) is 4.98 Å². The van der Waals surface area contributed by atoms with Gasteiger partial charge in [0.1, 0.15) is 5.69 Å². The Hall–Kier alpha value is -1.63. The van der Waals surface area contributed by atoms with E-state index in [1.807, 2.05) is 5.38 Å². The lowest BCUT2D eigenvalue weighted by molar-refractivity contribution is 0.428. The number of nitrogens with zero attached hydrogens (tertiary/aromatic N) is 4. The van der Waals surface area contributed by atoms with Gasteiger partial charge >= 0.3 is 0 Å². The van der Waals surface area contributed by atoms with Crippen LogP contribution in [0, 0.1) is 0 Å². The van der Waals surface area contributed by atoms with Gasteiger partial charge in [-0.3, -0.25) is 0 Å². The molecule has 0 aromatic carbocycles. The summed E-state index contributed by atoms with van der Waals surface area (Å²) in [5.41, 5.74) is 6.25. The Balaban J connectivity index is 1.80. The SMILES string of the molecule is Nc1nc(-c2nc(N3CCCCCC3)no2)cs1. The van der Waals surface area contributed by atoms with Crippen LogP contribution in [-0.2, 0) is 0 Å². The first-order valence-corrected chi connectivity index (χ1v) is 7.01. The lowest BCUT2D eigenvalue weighted by Crippen LogP contribution is -2.24. The van der Waals surface area contributed by atoms with Gasteiger partial charge in [-0.1, -0.05) is 12.8 Å². The molecule has 0 atom stereocenters. The Morgan fingerprint density at radius 3 is 2.61 bits per heavy atom. The minimum atomic E-state index is 0.446. The Morgan fingerprint density at radius 2 is 1.94 bits per heavy atom. The number of nitrogen functional groups attached to an aromatic ring is 1. The molecule has 6 nitrogen and oxygen atoms in total. The van der Waals surface area contributed by atoms with Crippen molar-refractivity contribution in [2.75, 3.05) is 23.7 Å². The summed E-state index contributed by atoms with van der Waals surface area (Å²) < 4.78 is 5.24. The van der Waals surface area contributed by atoms with Crippen molar-refractivity contribution in [1.29, 1.82) is 0 Å². The summed E-state index contributed by atoms with van der Waals surface area (Å²) in [5.74, 6) is 1.11. The lowest BCUT2D eigenvalue weighted by Gasteiger charge is -2.16. The van der Waals surface area contributed by atoms with E-state index in [1.54, 1.807) is 0 Å². The molecule has 7 heteroatoms. The molecule has 1 saturated heterocycles. The molecule has 96 valence electrons. The first kappa shape index (κ1) is 11.5. The number of anilines is 2. The zero-order valence-corrected chi connectivity index (χ0v) is 10.8. The molecule has 18 heavy (non-hydrogen) atoms. The molecule has 2 aromatic heterocycles. The molecule has 2 N–H and O–H groups in total. The Bertz CT molecular complexity index is 515. The van der Waals surface area contributed by atoms with E-state index in [2.05, 4.69) is 20.0 Å². The first-order chi connectivity index (χ1) is 8.83. The number of rotatable bonds is 2. The first-order valence-electron chi connectivity index (χ1n) is 6.13. The zero-order valence-electron chi connectivity index (χ0n) is 10.0. The van der Waals surface area contributed by atoms with Crippen molar-refractivity contribution in [3.05, 3.63) is 5.38 Å². The van der Waals surface area contributed by atoms with Crippen LogP contribution in [0.15, 0.2) is 9.90 Å². The minimum absolute atomic E-state index is 0.446. The highest BCUT2D eigenvalue weighted by molar-refractivity contribution is 7.13. The highest BCUT2D eigenvalue weighted by Gasteiger charge is 2.17. The third-order valence-electron chi connectivity index (χ3n) is 3.05. The van der Waals surface area contributed by atoms with Crippen molar-refractivity contribution in [3.8, 4) is 11.6 Å². The lowest BCUT2D eigenvalue weighted by atomic mass is 10.2. The fourth-order valence-corrected chi connectivity index (χ4v) is 2.64. The third kappa shape index (κ3) is 2.31. The van der Waals surface area contributed by atoms with Gasteiger partial charge in [0.25, 0.3) is 11.8 Å². The maximum atomic E-state index is 5.59. The molecule has 1 aliphatic rings. The Kier molecular flexibility index (Phi) is 3.14. The smallest absolute Gasteiger partial charge is 0.279 e. The van der Waals surface area contributed by atoms with Gasteiger partial charge in [0.15, 0.2) is 5.13 Å². The van der Waals surface area contributed by atoms with Crippen LogP contribution in [0.5, 0.6) is 0 Å². The predicted octanol–water partition coefficient (Wildman–Crippen LogP) is 2.16. The number of nitrogens with two attached hydrogens (primary N) is 1. The van der Waals surface area contributed by atoms with Gasteiger partial charge in [-0.15, -0.1) is 11.3 Å². The molecule has 0 spiro atoms. The molecule has 0 saturated carbocycles. The van der Waals surface area contributed by atoms with Crippen LogP contribution in [0.4, 0.5) is 11.1 Å².